The molecule has 1 aliphatic heterocycles. The van der Waals surface area contributed by atoms with E-state index in [9.17, 15) is 0 Å². The van der Waals surface area contributed by atoms with Crippen LogP contribution in [0.1, 0.15) is 18.1 Å². The number of methoxy groups -OCH3 is 1. The Bertz CT molecular complexity index is 367. The first-order valence-electron chi connectivity index (χ1n) is 7.26. The van der Waals surface area contributed by atoms with E-state index in [0.717, 1.165) is 32.5 Å². The van der Waals surface area contributed by atoms with Crippen LogP contribution in [0.15, 0.2) is 24.3 Å². The maximum absolute atomic E-state index is 5.99. The van der Waals surface area contributed by atoms with Crippen molar-refractivity contribution in [2.24, 2.45) is 11.7 Å². The highest BCUT2D eigenvalue weighted by molar-refractivity contribution is 5.28. The van der Waals surface area contributed by atoms with Gasteiger partial charge in [0.2, 0.25) is 0 Å². The molecule has 1 aromatic carbocycles. The van der Waals surface area contributed by atoms with E-state index in [1.54, 1.807) is 7.11 Å². The van der Waals surface area contributed by atoms with Gasteiger partial charge < -0.3 is 10.5 Å². The molecular weight excluding hydrogens is 236 g/mol. The van der Waals surface area contributed by atoms with Crippen LogP contribution in [0.3, 0.4) is 0 Å². The molecule has 3 nitrogen and oxygen atoms in total. The van der Waals surface area contributed by atoms with E-state index < -0.39 is 0 Å². The lowest BCUT2D eigenvalue weighted by Crippen LogP contribution is -2.47. The highest BCUT2D eigenvalue weighted by Crippen LogP contribution is 2.19. The molecule has 3 heteroatoms. The molecule has 0 aliphatic carbocycles. The zero-order valence-corrected chi connectivity index (χ0v) is 12.1. The fraction of sp³-hybridized carbons (Fsp3) is 0.625. The second-order valence-corrected chi connectivity index (χ2v) is 5.54. The molecule has 0 bridgehead atoms. The van der Waals surface area contributed by atoms with E-state index in [0.29, 0.717) is 18.5 Å². The summed E-state index contributed by atoms with van der Waals surface area (Å²) >= 11 is 0. The largest absolute Gasteiger partial charge is 0.384 e. The van der Waals surface area contributed by atoms with Crippen LogP contribution >= 0.6 is 0 Å². The summed E-state index contributed by atoms with van der Waals surface area (Å²) in [7, 11) is 1.77. The topological polar surface area (TPSA) is 38.5 Å². The van der Waals surface area contributed by atoms with Crippen molar-refractivity contribution >= 4 is 0 Å². The van der Waals surface area contributed by atoms with Gasteiger partial charge in [-0.15, -0.1) is 0 Å². The fourth-order valence-electron chi connectivity index (χ4n) is 3.13. The third kappa shape index (κ3) is 3.56. The first-order chi connectivity index (χ1) is 9.26. The summed E-state index contributed by atoms with van der Waals surface area (Å²) in [5.74, 6) is 0.483. The monoisotopic (exact) mass is 262 g/mol. The number of benzene rings is 1. The van der Waals surface area contributed by atoms with Gasteiger partial charge >= 0.3 is 0 Å². The van der Waals surface area contributed by atoms with Crippen LogP contribution in [0.4, 0.5) is 0 Å². The number of nitrogens with zero attached hydrogens (tertiary/aromatic N) is 1. The van der Waals surface area contributed by atoms with E-state index in [1.165, 1.54) is 11.1 Å². The van der Waals surface area contributed by atoms with Crippen molar-refractivity contribution in [1.29, 1.82) is 0 Å². The molecule has 0 radical (unpaired) electrons. The average Bonchev–Trinajstić information content (AvgIpc) is 2.63. The van der Waals surface area contributed by atoms with Crippen LogP contribution in [-0.2, 0) is 17.6 Å². The molecule has 1 aromatic rings. The number of fused-ring (bicyclic) bond motifs is 1. The maximum atomic E-state index is 5.99. The van der Waals surface area contributed by atoms with E-state index in [-0.39, 0.29) is 0 Å². The summed E-state index contributed by atoms with van der Waals surface area (Å²) in [6.45, 7) is 5.94. The SMILES string of the molecule is COCC(C)C(CN)N1CCc2ccccc2CC1. The van der Waals surface area contributed by atoms with Crippen LogP contribution in [0.2, 0.25) is 0 Å². The Morgan fingerprint density at radius 2 is 1.79 bits per heavy atom. The van der Waals surface area contributed by atoms with Crippen LogP contribution < -0.4 is 5.73 Å². The van der Waals surface area contributed by atoms with Crippen molar-refractivity contribution in [3.8, 4) is 0 Å². The van der Waals surface area contributed by atoms with Gasteiger partial charge in [0.05, 0.1) is 6.61 Å². The van der Waals surface area contributed by atoms with Gasteiger partial charge in [-0.3, -0.25) is 4.90 Å². The molecule has 2 rings (SSSR count). The molecule has 0 amide bonds. The third-order valence-electron chi connectivity index (χ3n) is 4.25. The predicted molar refractivity (Wildman–Crippen MR) is 79.3 cm³/mol. The zero-order valence-electron chi connectivity index (χ0n) is 12.1. The minimum Gasteiger partial charge on any atom is -0.384 e. The number of nitrogens with two attached hydrogens (primary N) is 1. The van der Waals surface area contributed by atoms with Crippen LogP contribution in [0, 0.1) is 5.92 Å². The summed E-state index contributed by atoms with van der Waals surface area (Å²) in [4.78, 5) is 2.55. The number of hydrogen-bond acceptors (Lipinski definition) is 3. The normalized spacial score (nSPS) is 19.5. The van der Waals surface area contributed by atoms with Gasteiger partial charge in [-0.25, -0.2) is 0 Å². The van der Waals surface area contributed by atoms with Crippen molar-refractivity contribution in [2.75, 3.05) is 33.4 Å². The van der Waals surface area contributed by atoms with Crippen LogP contribution in [0.25, 0.3) is 0 Å². The van der Waals surface area contributed by atoms with Gasteiger partial charge in [-0.1, -0.05) is 31.2 Å². The second-order valence-electron chi connectivity index (χ2n) is 5.54. The van der Waals surface area contributed by atoms with Gasteiger partial charge in [0.15, 0.2) is 0 Å². The van der Waals surface area contributed by atoms with Crippen molar-refractivity contribution in [3.05, 3.63) is 35.4 Å². The molecular formula is C16H26N2O. The van der Waals surface area contributed by atoms with Gasteiger partial charge in [0.25, 0.3) is 0 Å². The highest BCUT2D eigenvalue weighted by Gasteiger charge is 2.24. The molecule has 19 heavy (non-hydrogen) atoms. The number of ether oxygens (including phenoxy) is 1. The molecule has 0 saturated heterocycles. The average molecular weight is 262 g/mol. The van der Waals surface area contributed by atoms with Gasteiger partial charge in [0, 0.05) is 32.8 Å². The van der Waals surface area contributed by atoms with Gasteiger partial charge in [-0.2, -0.15) is 0 Å². The van der Waals surface area contributed by atoms with E-state index >= 15 is 0 Å². The predicted octanol–water partition coefficient (Wildman–Crippen LogP) is 1.70. The summed E-state index contributed by atoms with van der Waals surface area (Å²) < 4.78 is 5.29. The second kappa shape index (κ2) is 7.04. The van der Waals surface area contributed by atoms with Crippen LogP contribution in [0.5, 0.6) is 0 Å². The highest BCUT2D eigenvalue weighted by atomic mass is 16.5. The Hall–Kier alpha value is -0.900. The standard InChI is InChI=1S/C16H26N2O/c1-13(12-19-2)16(11-17)18-9-7-14-5-3-4-6-15(14)8-10-18/h3-6,13,16H,7-12,17H2,1-2H3. The Labute approximate surface area is 116 Å². The van der Waals surface area contributed by atoms with Crippen molar-refractivity contribution in [2.45, 2.75) is 25.8 Å². The first-order valence-corrected chi connectivity index (χ1v) is 7.26. The molecule has 2 atom stereocenters. The molecule has 0 saturated carbocycles. The molecule has 106 valence electrons. The quantitative estimate of drug-likeness (QED) is 0.878. The summed E-state index contributed by atoms with van der Waals surface area (Å²) in [5, 5.41) is 0. The lowest BCUT2D eigenvalue weighted by Gasteiger charge is -2.33. The van der Waals surface area contributed by atoms with Gasteiger partial charge in [-0.05, 0) is 29.9 Å². The van der Waals surface area contributed by atoms with E-state index in [1.807, 2.05) is 0 Å². The zero-order chi connectivity index (χ0) is 13.7. The Kier molecular flexibility index (Phi) is 5.37. The molecule has 2 unspecified atom stereocenters. The lowest BCUT2D eigenvalue weighted by atomic mass is 10.0. The summed E-state index contributed by atoms with van der Waals surface area (Å²) in [5.41, 5.74) is 8.99. The first kappa shape index (κ1) is 14.5. The van der Waals surface area contributed by atoms with E-state index in [2.05, 4.69) is 36.1 Å². The minimum absolute atomic E-state index is 0.425. The molecule has 1 heterocycles. The Balaban J connectivity index is 2.03. The summed E-state index contributed by atoms with van der Waals surface area (Å²) in [6, 6.07) is 9.23. The fourth-order valence-corrected chi connectivity index (χ4v) is 3.13. The third-order valence-corrected chi connectivity index (χ3v) is 4.25. The smallest absolute Gasteiger partial charge is 0.0503 e. The molecule has 0 spiro atoms. The van der Waals surface area contributed by atoms with Crippen molar-refractivity contribution in [3.63, 3.8) is 0 Å². The molecule has 1 aliphatic rings. The summed E-state index contributed by atoms with van der Waals surface area (Å²) in [6.07, 6.45) is 2.26. The Morgan fingerprint density at radius 1 is 1.21 bits per heavy atom. The number of hydrogen-bond donors (Lipinski definition) is 1. The Morgan fingerprint density at radius 3 is 2.26 bits per heavy atom. The van der Waals surface area contributed by atoms with Crippen molar-refractivity contribution < 1.29 is 4.74 Å². The molecule has 0 fully saturated rings. The molecule has 2 N–H and O–H groups in total. The van der Waals surface area contributed by atoms with Crippen LogP contribution in [-0.4, -0.2) is 44.3 Å². The number of rotatable bonds is 5. The maximum Gasteiger partial charge on any atom is 0.0503 e. The molecule has 0 aromatic heterocycles. The minimum atomic E-state index is 0.425. The lowest BCUT2D eigenvalue weighted by molar-refractivity contribution is 0.0873. The van der Waals surface area contributed by atoms with E-state index in [4.69, 9.17) is 10.5 Å². The van der Waals surface area contributed by atoms with Crippen molar-refractivity contribution in [1.82, 2.24) is 4.90 Å². The van der Waals surface area contributed by atoms with Gasteiger partial charge in [0.1, 0.15) is 0 Å².